The monoisotopic (exact) mass is 302 g/mol. The van der Waals surface area contributed by atoms with Gasteiger partial charge in [-0.25, -0.2) is 4.39 Å². The van der Waals surface area contributed by atoms with Crippen molar-refractivity contribution in [3.63, 3.8) is 0 Å². The normalized spacial score (nSPS) is 11.5. The van der Waals surface area contributed by atoms with Gasteiger partial charge in [-0.05, 0) is 37.6 Å². The Kier molecular flexibility index (Phi) is 4.65. The van der Waals surface area contributed by atoms with E-state index in [0.29, 0.717) is 17.6 Å². The van der Waals surface area contributed by atoms with Crippen molar-refractivity contribution in [2.45, 2.75) is 20.4 Å². The molecule has 0 spiro atoms. The van der Waals surface area contributed by atoms with Gasteiger partial charge in [-0.15, -0.1) is 0 Å². The van der Waals surface area contributed by atoms with Crippen LogP contribution in [0.5, 0.6) is 0 Å². The summed E-state index contributed by atoms with van der Waals surface area (Å²) in [4.78, 5) is 11.1. The van der Waals surface area contributed by atoms with Crippen molar-refractivity contribution in [2.24, 2.45) is 11.1 Å². The summed E-state index contributed by atoms with van der Waals surface area (Å²) in [5, 5.41) is 3.09. The van der Waals surface area contributed by atoms with E-state index in [0.717, 1.165) is 5.56 Å². The molecule has 0 aliphatic carbocycles. The molecule has 1 aromatic carbocycles. The van der Waals surface area contributed by atoms with Gasteiger partial charge in [0.05, 0.1) is 5.41 Å². The third-order valence-corrected chi connectivity index (χ3v) is 2.94. The van der Waals surface area contributed by atoms with E-state index in [1.54, 1.807) is 13.8 Å². The summed E-state index contributed by atoms with van der Waals surface area (Å²) in [5.41, 5.74) is 5.46. The van der Waals surface area contributed by atoms with Gasteiger partial charge in [0.25, 0.3) is 0 Å². The molecule has 0 aliphatic rings. The lowest BCUT2D eigenvalue weighted by Crippen LogP contribution is -2.40. The van der Waals surface area contributed by atoms with Crippen LogP contribution in [-0.4, -0.2) is 12.5 Å². The summed E-state index contributed by atoms with van der Waals surface area (Å²) >= 11 is 3.23. The molecule has 0 aliphatic heterocycles. The number of nitrogens with one attached hydrogen (secondary N) is 1. The second-order valence-corrected chi connectivity index (χ2v) is 5.55. The molecule has 0 bridgehead atoms. The molecule has 94 valence electrons. The van der Waals surface area contributed by atoms with Gasteiger partial charge in [-0.1, -0.05) is 15.9 Å². The van der Waals surface area contributed by atoms with Gasteiger partial charge in [0.2, 0.25) is 5.91 Å². The van der Waals surface area contributed by atoms with E-state index in [-0.39, 0.29) is 11.7 Å². The van der Waals surface area contributed by atoms with E-state index in [1.807, 2.05) is 6.07 Å². The van der Waals surface area contributed by atoms with Crippen LogP contribution in [0.15, 0.2) is 22.7 Å². The highest BCUT2D eigenvalue weighted by Crippen LogP contribution is 2.16. The van der Waals surface area contributed by atoms with Crippen LogP contribution in [0.3, 0.4) is 0 Å². The van der Waals surface area contributed by atoms with Crippen molar-refractivity contribution in [1.82, 2.24) is 5.32 Å². The molecule has 0 aromatic heterocycles. The largest absolute Gasteiger partial charge is 0.369 e. The molecular weight excluding hydrogens is 287 g/mol. The second kappa shape index (κ2) is 5.60. The van der Waals surface area contributed by atoms with Gasteiger partial charge in [0.1, 0.15) is 5.82 Å². The lowest BCUT2D eigenvalue weighted by molar-refractivity contribution is -0.125. The number of hydrogen-bond acceptors (Lipinski definition) is 2. The highest BCUT2D eigenvalue weighted by atomic mass is 79.9. The predicted octanol–water partition coefficient (Wildman–Crippen LogP) is 2.19. The lowest BCUT2D eigenvalue weighted by Gasteiger charge is -2.20. The number of primary amides is 1. The molecule has 1 aromatic rings. The first-order valence-electron chi connectivity index (χ1n) is 5.27. The highest BCUT2D eigenvalue weighted by Gasteiger charge is 2.23. The maximum absolute atomic E-state index is 13.1. The Bertz CT molecular complexity index is 401. The molecule has 0 saturated carbocycles. The van der Waals surface area contributed by atoms with Crippen molar-refractivity contribution in [1.29, 1.82) is 0 Å². The van der Waals surface area contributed by atoms with E-state index >= 15 is 0 Å². The minimum Gasteiger partial charge on any atom is -0.369 e. The van der Waals surface area contributed by atoms with Crippen molar-refractivity contribution in [3.05, 3.63) is 34.1 Å². The summed E-state index contributed by atoms with van der Waals surface area (Å²) in [6.07, 6.45) is 0. The Labute approximate surface area is 109 Å². The van der Waals surface area contributed by atoms with Crippen LogP contribution in [-0.2, 0) is 11.3 Å². The number of amides is 1. The molecule has 1 rings (SSSR count). The Morgan fingerprint density at radius 2 is 2.12 bits per heavy atom. The zero-order valence-electron chi connectivity index (χ0n) is 9.89. The summed E-state index contributed by atoms with van der Waals surface area (Å²) in [6.45, 7) is 4.48. The van der Waals surface area contributed by atoms with Crippen molar-refractivity contribution < 1.29 is 9.18 Å². The zero-order valence-corrected chi connectivity index (χ0v) is 11.5. The Morgan fingerprint density at radius 3 is 2.65 bits per heavy atom. The molecule has 0 radical (unpaired) electrons. The fourth-order valence-electron chi connectivity index (χ4n) is 1.32. The number of rotatable bonds is 5. The number of nitrogens with two attached hydrogens (primary N) is 1. The Morgan fingerprint density at radius 1 is 1.47 bits per heavy atom. The average molecular weight is 303 g/mol. The molecular formula is C12H16BrFN2O. The first-order chi connectivity index (χ1) is 7.81. The lowest BCUT2D eigenvalue weighted by atomic mass is 9.93. The number of carbonyl (C=O) groups is 1. The first kappa shape index (κ1) is 14.1. The fourth-order valence-corrected chi connectivity index (χ4v) is 1.83. The van der Waals surface area contributed by atoms with Crippen LogP contribution in [0.1, 0.15) is 19.4 Å². The number of halogens is 2. The van der Waals surface area contributed by atoms with E-state index in [1.165, 1.54) is 12.1 Å². The van der Waals surface area contributed by atoms with Crippen LogP contribution in [0.4, 0.5) is 4.39 Å². The Balaban J connectivity index is 2.54. The van der Waals surface area contributed by atoms with Crippen molar-refractivity contribution >= 4 is 21.8 Å². The fraction of sp³-hybridized carbons (Fsp3) is 0.417. The summed E-state index contributed by atoms with van der Waals surface area (Å²) in [6, 6.07) is 4.68. The maximum atomic E-state index is 13.1. The SMILES string of the molecule is CC(C)(CNCc1cc(F)cc(Br)c1)C(N)=O. The van der Waals surface area contributed by atoms with Crippen LogP contribution in [0.25, 0.3) is 0 Å². The van der Waals surface area contributed by atoms with E-state index in [4.69, 9.17) is 5.73 Å². The quantitative estimate of drug-likeness (QED) is 0.876. The smallest absolute Gasteiger partial charge is 0.224 e. The molecule has 5 heteroatoms. The van der Waals surface area contributed by atoms with Crippen molar-refractivity contribution in [2.75, 3.05) is 6.54 Å². The topological polar surface area (TPSA) is 55.1 Å². The van der Waals surface area contributed by atoms with Gasteiger partial charge in [-0.2, -0.15) is 0 Å². The van der Waals surface area contributed by atoms with E-state index in [9.17, 15) is 9.18 Å². The molecule has 0 unspecified atom stereocenters. The Hall–Kier alpha value is -0.940. The van der Waals surface area contributed by atoms with Crippen LogP contribution >= 0.6 is 15.9 Å². The molecule has 1 amide bonds. The standard InChI is InChI=1S/C12H16BrFN2O/c1-12(2,11(15)17)7-16-6-8-3-9(13)5-10(14)4-8/h3-5,16H,6-7H2,1-2H3,(H2,15,17). The van der Waals surface area contributed by atoms with Gasteiger partial charge < -0.3 is 11.1 Å². The predicted molar refractivity (Wildman–Crippen MR) is 68.8 cm³/mol. The molecule has 3 N–H and O–H groups in total. The number of carbonyl (C=O) groups excluding carboxylic acids is 1. The molecule has 0 atom stereocenters. The summed E-state index contributed by atoms with van der Waals surface area (Å²) < 4.78 is 13.8. The average Bonchev–Trinajstić information content (AvgIpc) is 2.15. The van der Waals surface area contributed by atoms with Crippen LogP contribution in [0, 0.1) is 11.2 Å². The summed E-state index contributed by atoms with van der Waals surface area (Å²) in [5.74, 6) is -0.643. The van der Waals surface area contributed by atoms with Crippen LogP contribution in [0.2, 0.25) is 0 Å². The number of benzene rings is 1. The number of hydrogen-bond donors (Lipinski definition) is 2. The molecule has 0 saturated heterocycles. The van der Waals surface area contributed by atoms with Gasteiger partial charge in [0, 0.05) is 17.6 Å². The summed E-state index contributed by atoms with van der Waals surface area (Å²) in [7, 11) is 0. The zero-order chi connectivity index (χ0) is 13.1. The maximum Gasteiger partial charge on any atom is 0.224 e. The van der Waals surface area contributed by atoms with Crippen LogP contribution < -0.4 is 11.1 Å². The minimum atomic E-state index is -0.607. The van der Waals surface area contributed by atoms with Gasteiger partial charge in [-0.3, -0.25) is 4.79 Å². The molecule has 0 fully saturated rings. The van der Waals surface area contributed by atoms with Gasteiger partial charge >= 0.3 is 0 Å². The van der Waals surface area contributed by atoms with E-state index in [2.05, 4.69) is 21.2 Å². The van der Waals surface area contributed by atoms with Crippen molar-refractivity contribution in [3.8, 4) is 0 Å². The third-order valence-electron chi connectivity index (χ3n) is 2.49. The van der Waals surface area contributed by atoms with E-state index < -0.39 is 5.41 Å². The third kappa shape index (κ3) is 4.44. The second-order valence-electron chi connectivity index (χ2n) is 4.63. The first-order valence-corrected chi connectivity index (χ1v) is 6.06. The highest BCUT2D eigenvalue weighted by molar-refractivity contribution is 9.10. The molecule has 3 nitrogen and oxygen atoms in total. The van der Waals surface area contributed by atoms with Gasteiger partial charge in [0.15, 0.2) is 0 Å². The molecule has 17 heavy (non-hydrogen) atoms. The minimum absolute atomic E-state index is 0.287. The molecule has 0 heterocycles.